The van der Waals surface area contributed by atoms with Gasteiger partial charge in [-0.25, -0.2) is 0 Å². The zero-order chi connectivity index (χ0) is 12.3. The molecule has 1 fully saturated rings. The molecule has 0 atom stereocenters. The number of benzene rings is 1. The number of likely N-dealkylation sites (N-methyl/N-ethyl adjacent to an activating group) is 1. The molecule has 92 valence electrons. The molecule has 0 bridgehead atoms. The summed E-state index contributed by atoms with van der Waals surface area (Å²) in [6, 6.07) is 11.1. The quantitative estimate of drug-likeness (QED) is 0.855. The Kier molecular flexibility index (Phi) is 3.79. The van der Waals surface area contributed by atoms with Gasteiger partial charge in [-0.3, -0.25) is 4.79 Å². The lowest BCUT2D eigenvalue weighted by Crippen LogP contribution is -2.44. The molecule has 0 aromatic heterocycles. The third kappa shape index (κ3) is 3.07. The Balaban J connectivity index is 1.71. The zero-order valence-corrected chi connectivity index (χ0v) is 10.5. The monoisotopic (exact) mass is 232 g/mol. The first-order valence-electron chi connectivity index (χ1n) is 6.15. The van der Waals surface area contributed by atoms with E-state index in [0.717, 1.165) is 12.8 Å². The number of carbonyl (C=O) groups is 1. The lowest BCUT2D eigenvalue weighted by Gasteiger charge is -2.36. The normalized spacial score (nSPS) is 22.9. The molecule has 17 heavy (non-hydrogen) atoms. The van der Waals surface area contributed by atoms with Gasteiger partial charge in [-0.05, 0) is 24.3 Å². The van der Waals surface area contributed by atoms with Gasteiger partial charge in [0, 0.05) is 20.1 Å². The molecule has 1 aromatic carbocycles. The van der Waals surface area contributed by atoms with Crippen molar-refractivity contribution in [3.8, 4) is 0 Å². The van der Waals surface area contributed by atoms with E-state index in [1.807, 2.05) is 6.07 Å². The first-order chi connectivity index (χ1) is 8.16. The molecule has 3 nitrogen and oxygen atoms in total. The van der Waals surface area contributed by atoms with Crippen LogP contribution in [-0.2, 0) is 4.79 Å². The summed E-state index contributed by atoms with van der Waals surface area (Å²) >= 11 is 0. The van der Waals surface area contributed by atoms with Crippen molar-refractivity contribution in [2.24, 2.45) is 0 Å². The SMILES string of the molecule is CN(C)C(=O)CNC1CC(c2ccccc2)C1. The van der Waals surface area contributed by atoms with E-state index in [0.29, 0.717) is 18.5 Å². The topological polar surface area (TPSA) is 32.3 Å². The fourth-order valence-electron chi connectivity index (χ4n) is 2.17. The molecular weight excluding hydrogens is 212 g/mol. The van der Waals surface area contributed by atoms with E-state index in [-0.39, 0.29) is 5.91 Å². The van der Waals surface area contributed by atoms with Crippen LogP contribution in [0.1, 0.15) is 24.3 Å². The van der Waals surface area contributed by atoms with Gasteiger partial charge >= 0.3 is 0 Å². The summed E-state index contributed by atoms with van der Waals surface area (Å²) in [6.45, 7) is 0.458. The third-order valence-electron chi connectivity index (χ3n) is 3.45. The molecule has 0 saturated heterocycles. The predicted molar refractivity (Wildman–Crippen MR) is 68.9 cm³/mol. The molecular formula is C14H20N2O. The number of nitrogens with zero attached hydrogens (tertiary/aromatic N) is 1. The van der Waals surface area contributed by atoms with E-state index in [1.54, 1.807) is 19.0 Å². The van der Waals surface area contributed by atoms with Gasteiger partial charge in [-0.1, -0.05) is 30.3 Å². The number of nitrogens with one attached hydrogen (secondary N) is 1. The molecule has 1 aromatic rings. The highest BCUT2D eigenvalue weighted by Crippen LogP contribution is 2.36. The highest BCUT2D eigenvalue weighted by Gasteiger charge is 2.29. The Morgan fingerprint density at radius 2 is 1.94 bits per heavy atom. The van der Waals surface area contributed by atoms with E-state index < -0.39 is 0 Å². The molecule has 1 amide bonds. The van der Waals surface area contributed by atoms with Crippen LogP contribution >= 0.6 is 0 Å². The second kappa shape index (κ2) is 5.32. The number of hydrogen-bond acceptors (Lipinski definition) is 2. The van der Waals surface area contributed by atoms with Crippen molar-refractivity contribution in [2.75, 3.05) is 20.6 Å². The fourth-order valence-corrected chi connectivity index (χ4v) is 2.17. The maximum Gasteiger partial charge on any atom is 0.236 e. The molecule has 2 rings (SSSR count). The van der Waals surface area contributed by atoms with Gasteiger partial charge < -0.3 is 10.2 Å². The molecule has 1 aliphatic carbocycles. The van der Waals surface area contributed by atoms with Gasteiger partial charge in [-0.2, -0.15) is 0 Å². The smallest absolute Gasteiger partial charge is 0.236 e. The second-order valence-electron chi connectivity index (χ2n) is 4.95. The van der Waals surface area contributed by atoms with Gasteiger partial charge in [-0.15, -0.1) is 0 Å². The average molecular weight is 232 g/mol. The largest absolute Gasteiger partial charge is 0.348 e. The number of carbonyl (C=O) groups excluding carboxylic acids is 1. The Morgan fingerprint density at radius 1 is 1.29 bits per heavy atom. The van der Waals surface area contributed by atoms with E-state index in [1.165, 1.54) is 5.56 Å². The minimum absolute atomic E-state index is 0.146. The fraction of sp³-hybridized carbons (Fsp3) is 0.500. The summed E-state index contributed by atoms with van der Waals surface area (Å²) in [5.74, 6) is 0.816. The molecule has 0 radical (unpaired) electrons. The van der Waals surface area contributed by atoms with E-state index in [4.69, 9.17) is 0 Å². The third-order valence-corrected chi connectivity index (χ3v) is 3.45. The molecule has 0 spiro atoms. The van der Waals surface area contributed by atoms with Crippen LogP contribution in [0.4, 0.5) is 0 Å². The van der Waals surface area contributed by atoms with Crippen LogP contribution in [0.15, 0.2) is 30.3 Å². The van der Waals surface area contributed by atoms with Crippen molar-refractivity contribution in [3.05, 3.63) is 35.9 Å². The molecule has 0 unspecified atom stereocenters. The first kappa shape index (κ1) is 12.1. The van der Waals surface area contributed by atoms with Crippen LogP contribution in [0, 0.1) is 0 Å². The van der Waals surface area contributed by atoms with E-state index in [2.05, 4.69) is 29.6 Å². The summed E-state index contributed by atoms with van der Waals surface area (Å²) in [5.41, 5.74) is 1.42. The van der Waals surface area contributed by atoms with Crippen LogP contribution in [0.2, 0.25) is 0 Å². The second-order valence-corrected chi connectivity index (χ2v) is 4.95. The van der Waals surface area contributed by atoms with E-state index >= 15 is 0 Å². The van der Waals surface area contributed by atoms with Crippen LogP contribution < -0.4 is 5.32 Å². The maximum atomic E-state index is 11.4. The maximum absolute atomic E-state index is 11.4. The predicted octanol–water partition coefficient (Wildman–Crippen LogP) is 1.61. The van der Waals surface area contributed by atoms with Gasteiger partial charge in [0.05, 0.1) is 6.54 Å². The summed E-state index contributed by atoms with van der Waals surface area (Å²) in [7, 11) is 3.58. The van der Waals surface area contributed by atoms with Crippen LogP contribution in [0.5, 0.6) is 0 Å². The van der Waals surface area contributed by atoms with Gasteiger partial charge in [0.2, 0.25) is 5.91 Å². The van der Waals surface area contributed by atoms with Crippen LogP contribution in [0.3, 0.4) is 0 Å². The minimum Gasteiger partial charge on any atom is -0.348 e. The Hall–Kier alpha value is -1.35. The summed E-state index contributed by atoms with van der Waals surface area (Å²) < 4.78 is 0. The van der Waals surface area contributed by atoms with Gasteiger partial charge in [0.25, 0.3) is 0 Å². The standard InChI is InChI=1S/C14H20N2O/c1-16(2)14(17)10-15-13-8-12(9-13)11-6-4-3-5-7-11/h3-7,12-13,15H,8-10H2,1-2H3. The highest BCUT2D eigenvalue weighted by molar-refractivity contribution is 5.77. The first-order valence-corrected chi connectivity index (χ1v) is 6.15. The molecule has 1 saturated carbocycles. The Labute approximate surface area is 103 Å². The molecule has 0 heterocycles. The minimum atomic E-state index is 0.146. The molecule has 1 N–H and O–H groups in total. The van der Waals surface area contributed by atoms with Crippen LogP contribution in [-0.4, -0.2) is 37.5 Å². The van der Waals surface area contributed by atoms with Gasteiger partial charge in [0.15, 0.2) is 0 Å². The number of amides is 1. The van der Waals surface area contributed by atoms with Gasteiger partial charge in [0.1, 0.15) is 0 Å². The average Bonchev–Trinajstić information content (AvgIpc) is 2.28. The van der Waals surface area contributed by atoms with Crippen LogP contribution in [0.25, 0.3) is 0 Å². The van der Waals surface area contributed by atoms with Crippen molar-refractivity contribution >= 4 is 5.91 Å². The lowest BCUT2D eigenvalue weighted by atomic mass is 9.76. The number of rotatable bonds is 4. The lowest BCUT2D eigenvalue weighted by molar-refractivity contribution is -0.128. The van der Waals surface area contributed by atoms with Crippen molar-refractivity contribution in [2.45, 2.75) is 24.8 Å². The number of hydrogen-bond donors (Lipinski definition) is 1. The summed E-state index contributed by atoms with van der Waals surface area (Å²) in [4.78, 5) is 13.0. The van der Waals surface area contributed by atoms with Crippen molar-refractivity contribution in [1.82, 2.24) is 10.2 Å². The summed E-state index contributed by atoms with van der Waals surface area (Å²) in [5, 5.41) is 3.31. The van der Waals surface area contributed by atoms with Crippen molar-refractivity contribution in [1.29, 1.82) is 0 Å². The highest BCUT2D eigenvalue weighted by atomic mass is 16.2. The summed E-state index contributed by atoms with van der Waals surface area (Å²) in [6.07, 6.45) is 2.29. The zero-order valence-electron chi connectivity index (χ0n) is 10.5. The van der Waals surface area contributed by atoms with Crippen molar-refractivity contribution in [3.63, 3.8) is 0 Å². The Morgan fingerprint density at radius 3 is 2.53 bits per heavy atom. The van der Waals surface area contributed by atoms with E-state index in [9.17, 15) is 4.79 Å². The molecule has 0 aliphatic heterocycles. The molecule has 3 heteroatoms. The molecule has 1 aliphatic rings. The van der Waals surface area contributed by atoms with Crippen molar-refractivity contribution < 1.29 is 4.79 Å². The Bertz CT molecular complexity index is 369.